The van der Waals surface area contributed by atoms with E-state index in [9.17, 15) is 0 Å². The summed E-state index contributed by atoms with van der Waals surface area (Å²) in [4.78, 5) is 0. The molecule has 46 heavy (non-hydrogen) atoms. The SMILES string of the molecule is Cc1ccc(P(=O)(c2ccc(C)cc2)c2cccc(C)c2-c2c(C)cccc2P(=O)(c2ccc(C)cc2)c2ccc(C)cc2)cc1. The van der Waals surface area contributed by atoms with Crippen molar-refractivity contribution in [1.82, 2.24) is 0 Å². The second-order valence-corrected chi connectivity index (χ2v) is 18.0. The zero-order valence-electron chi connectivity index (χ0n) is 27.4. The van der Waals surface area contributed by atoms with Crippen molar-refractivity contribution in [3.05, 3.63) is 167 Å². The predicted molar refractivity (Wildman–Crippen MR) is 199 cm³/mol. The molecular weight excluding hydrogens is 598 g/mol. The van der Waals surface area contributed by atoms with Crippen molar-refractivity contribution in [2.45, 2.75) is 41.5 Å². The van der Waals surface area contributed by atoms with Crippen LogP contribution in [-0.2, 0) is 9.13 Å². The summed E-state index contributed by atoms with van der Waals surface area (Å²) < 4.78 is 32.0. The molecule has 6 aromatic rings. The van der Waals surface area contributed by atoms with Crippen LogP contribution in [0.5, 0.6) is 0 Å². The lowest BCUT2D eigenvalue weighted by Crippen LogP contribution is -2.30. The van der Waals surface area contributed by atoms with Gasteiger partial charge in [0.2, 0.25) is 0 Å². The lowest BCUT2D eigenvalue weighted by atomic mass is 9.96. The Morgan fingerprint density at radius 1 is 0.326 bits per heavy atom. The molecule has 0 radical (unpaired) electrons. The molecule has 230 valence electrons. The van der Waals surface area contributed by atoms with Crippen LogP contribution in [0.1, 0.15) is 33.4 Å². The van der Waals surface area contributed by atoms with Crippen LogP contribution in [-0.4, -0.2) is 0 Å². The first-order valence-corrected chi connectivity index (χ1v) is 19.1. The van der Waals surface area contributed by atoms with Gasteiger partial charge in [-0.2, -0.15) is 0 Å². The van der Waals surface area contributed by atoms with E-state index >= 15 is 9.13 Å². The Bertz CT molecular complexity index is 1870. The third-order valence-corrected chi connectivity index (χ3v) is 15.2. The molecule has 6 aromatic carbocycles. The third-order valence-electron chi connectivity index (χ3n) is 9.02. The molecule has 0 spiro atoms. The van der Waals surface area contributed by atoms with Gasteiger partial charge in [0.05, 0.1) is 0 Å². The minimum atomic E-state index is -3.38. The van der Waals surface area contributed by atoms with Crippen LogP contribution < -0.4 is 31.8 Å². The van der Waals surface area contributed by atoms with E-state index < -0.39 is 14.3 Å². The molecule has 0 atom stereocenters. The molecular formula is C42H40O2P2. The smallest absolute Gasteiger partial charge is 0.171 e. The molecule has 0 unspecified atom stereocenters. The van der Waals surface area contributed by atoms with Crippen molar-refractivity contribution in [3.8, 4) is 11.1 Å². The van der Waals surface area contributed by atoms with Crippen molar-refractivity contribution in [1.29, 1.82) is 0 Å². The van der Waals surface area contributed by atoms with Gasteiger partial charge in [0.15, 0.2) is 14.3 Å². The summed E-state index contributed by atoms with van der Waals surface area (Å²) in [6, 6.07) is 44.5. The van der Waals surface area contributed by atoms with Crippen molar-refractivity contribution >= 4 is 46.1 Å². The van der Waals surface area contributed by atoms with Crippen LogP contribution in [0.4, 0.5) is 0 Å². The Kier molecular flexibility index (Phi) is 8.64. The van der Waals surface area contributed by atoms with Crippen molar-refractivity contribution in [2.75, 3.05) is 0 Å². The summed E-state index contributed by atoms with van der Waals surface area (Å²) in [6.45, 7) is 12.3. The van der Waals surface area contributed by atoms with E-state index in [1.54, 1.807) is 0 Å². The fourth-order valence-corrected chi connectivity index (χ4v) is 12.1. The van der Waals surface area contributed by atoms with E-state index in [1.165, 1.54) is 0 Å². The molecule has 0 aromatic heterocycles. The van der Waals surface area contributed by atoms with Gasteiger partial charge in [-0.05, 0) is 63.8 Å². The van der Waals surface area contributed by atoms with Crippen molar-refractivity contribution in [2.24, 2.45) is 0 Å². The fraction of sp³-hybridized carbons (Fsp3) is 0.143. The predicted octanol–water partition coefficient (Wildman–Crippen LogP) is 8.48. The summed E-state index contributed by atoms with van der Waals surface area (Å²) in [7, 11) is -6.77. The quantitative estimate of drug-likeness (QED) is 0.165. The number of rotatable bonds is 7. The van der Waals surface area contributed by atoms with Gasteiger partial charge >= 0.3 is 0 Å². The Labute approximate surface area is 273 Å². The number of hydrogen-bond donors (Lipinski definition) is 0. The summed E-state index contributed by atoms with van der Waals surface area (Å²) in [5, 5.41) is 4.65. The van der Waals surface area contributed by atoms with Gasteiger partial charge in [0, 0.05) is 31.8 Å². The Morgan fingerprint density at radius 2 is 0.565 bits per heavy atom. The Morgan fingerprint density at radius 3 is 0.804 bits per heavy atom. The van der Waals surface area contributed by atoms with Crippen molar-refractivity contribution < 1.29 is 9.13 Å². The normalized spacial score (nSPS) is 11.9. The molecule has 0 bridgehead atoms. The second kappa shape index (κ2) is 12.5. The molecule has 0 aliphatic heterocycles. The molecule has 2 nitrogen and oxygen atoms in total. The van der Waals surface area contributed by atoms with Gasteiger partial charge in [-0.1, -0.05) is 156 Å². The second-order valence-electron chi connectivity index (χ2n) is 12.5. The van der Waals surface area contributed by atoms with Gasteiger partial charge in [0.1, 0.15) is 0 Å². The maximum absolute atomic E-state index is 16.0. The minimum Gasteiger partial charge on any atom is -0.309 e. The van der Waals surface area contributed by atoms with Gasteiger partial charge in [-0.15, -0.1) is 0 Å². The summed E-state index contributed by atoms with van der Waals surface area (Å²) in [5.74, 6) is 0. The lowest BCUT2D eigenvalue weighted by Gasteiger charge is -2.28. The molecule has 0 N–H and O–H groups in total. The Balaban J connectivity index is 1.72. The summed E-state index contributed by atoms with van der Waals surface area (Å²) >= 11 is 0. The van der Waals surface area contributed by atoms with Crippen LogP contribution in [0.15, 0.2) is 133 Å². The molecule has 4 heteroatoms. The van der Waals surface area contributed by atoms with E-state index in [4.69, 9.17) is 0 Å². The number of aryl methyl sites for hydroxylation is 6. The van der Waals surface area contributed by atoms with E-state index in [0.29, 0.717) is 0 Å². The highest BCUT2D eigenvalue weighted by molar-refractivity contribution is 7.86. The first kappa shape index (κ1) is 31.7. The minimum absolute atomic E-state index is 0.759. The molecule has 0 saturated heterocycles. The van der Waals surface area contributed by atoms with Gasteiger partial charge < -0.3 is 9.13 Å². The lowest BCUT2D eigenvalue weighted by molar-refractivity contribution is 0.591. The zero-order chi connectivity index (χ0) is 32.6. The van der Waals surface area contributed by atoms with Crippen LogP contribution in [0.3, 0.4) is 0 Å². The van der Waals surface area contributed by atoms with Crippen LogP contribution in [0, 0.1) is 41.5 Å². The molecule has 0 aliphatic rings. The highest BCUT2D eigenvalue weighted by Crippen LogP contribution is 2.50. The topological polar surface area (TPSA) is 34.1 Å². The number of benzene rings is 6. The van der Waals surface area contributed by atoms with Gasteiger partial charge in [0.25, 0.3) is 0 Å². The first-order chi connectivity index (χ1) is 22.0. The standard InChI is InChI=1S/C42H40O2P2/c1-29-13-21-35(22-14-29)45(43,36-23-15-30(2)16-24-36)39-11-7-9-33(5)41(39)42-34(6)10-8-12-40(42)46(44,37-25-17-31(3)18-26-37)38-27-19-32(4)20-28-38/h7-28H,1-6H3. The largest absolute Gasteiger partial charge is 0.309 e. The first-order valence-electron chi connectivity index (χ1n) is 15.7. The average Bonchev–Trinajstić information content (AvgIpc) is 3.05. The maximum Gasteiger partial charge on any atom is 0.171 e. The van der Waals surface area contributed by atoms with Crippen molar-refractivity contribution in [3.63, 3.8) is 0 Å². The van der Waals surface area contributed by atoms with Crippen LogP contribution >= 0.6 is 14.3 Å². The fourth-order valence-electron chi connectivity index (χ4n) is 6.35. The monoisotopic (exact) mass is 638 g/mol. The van der Waals surface area contributed by atoms with E-state index in [0.717, 1.165) is 76.3 Å². The highest BCUT2D eigenvalue weighted by atomic mass is 31.2. The van der Waals surface area contributed by atoms with Gasteiger partial charge in [-0.3, -0.25) is 0 Å². The van der Waals surface area contributed by atoms with E-state index in [-0.39, 0.29) is 0 Å². The van der Waals surface area contributed by atoms with Gasteiger partial charge in [-0.25, -0.2) is 0 Å². The van der Waals surface area contributed by atoms with Crippen LogP contribution in [0.25, 0.3) is 11.1 Å². The molecule has 0 heterocycles. The number of hydrogen-bond acceptors (Lipinski definition) is 2. The maximum atomic E-state index is 16.0. The Hall–Kier alpha value is -4.22. The van der Waals surface area contributed by atoms with E-state index in [2.05, 4.69) is 26.0 Å². The molecule has 6 rings (SSSR count). The van der Waals surface area contributed by atoms with E-state index in [1.807, 2.05) is 149 Å². The molecule has 0 amide bonds. The average molecular weight is 639 g/mol. The third kappa shape index (κ3) is 5.55. The zero-order valence-corrected chi connectivity index (χ0v) is 29.2. The molecule has 0 aliphatic carbocycles. The summed E-state index contributed by atoms with van der Waals surface area (Å²) in [6.07, 6.45) is 0. The molecule has 0 saturated carbocycles. The summed E-state index contributed by atoms with van der Waals surface area (Å²) in [5.41, 5.74) is 8.21. The highest BCUT2D eigenvalue weighted by Gasteiger charge is 2.37. The van der Waals surface area contributed by atoms with Crippen LogP contribution in [0.2, 0.25) is 0 Å². The molecule has 0 fully saturated rings.